The summed E-state index contributed by atoms with van der Waals surface area (Å²) in [5.74, 6) is 1.00. The van der Waals surface area contributed by atoms with Crippen molar-refractivity contribution in [2.75, 3.05) is 39.5 Å². The number of fused-ring (bicyclic) bond motifs is 1. The number of benzene rings is 2. The zero-order valence-electron chi connectivity index (χ0n) is 15.5. The first-order valence-corrected chi connectivity index (χ1v) is 9.67. The fraction of sp³-hybridized carbons (Fsp3) is 0.409. The Hall–Kier alpha value is -2.37. The van der Waals surface area contributed by atoms with Crippen molar-refractivity contribution in [3.05, 3.63) is 65.2 Å². The monoisotopic (exact) mass is 366 g/mol. The second-order valence-corrected chi connectivity index (χ2v) is 7.16. The molecule has 5 heteroatoms. The van der Waals surface area contributed by atoms with Gasteiger partial charge in [-0.05, 0) is 22.8 Å². The molecule has 1 atom stereocenters. The number of nitrogens with one attached hydrogen (secondary N) is 1. The predicted octanol–water partition coefficient (Wildman–Crippen LogP) is 2.35. The standard InChI is InChI=1S/C22H26N2O3/c25-22(15-17-6-7-21-19(14-17)8-11-27-21)23-20(18-4-2-1-3-5-18)16-24-9-12-26-13-10-24/h1-7,14,20H,8-13,15-16H2,(H,23,25). The van der Waals surface area contributed by atoms with E-state index in [9.17, 15) is 4.79 Å². The van der Waals surface area contributed by atoms with Gasteiger partial charge in [0.05, 0.1) is 32.3 Å². The molecule has 0 spiro atoms. The van der Waals surface area contributed by atoms with E-state index in [1.165, 1.54) is 5.56 Å². The van der Waals surface area contributed by atoms with Gasteiger partial charge < -0.3 is 14.8 Å². The van der Waals surface area contributed by atoms with Crippen LogP contribution in [0.1, 0.15) is 22.7 Å². The maximum Gasteiger partial charge on any atom is 0.224 e. The molecule has 1 amide bonds. The molecule has 1 N–H and O–H groups in total. The maximum absolute atomic E-state index is 12.8. The Morgan fingerprint density at radius 2 is 1.89 bits per heavy atom. The van der Waals surface area contributed by atoms with Gasteiger partial charge in [0, 0.05) is 26.1 Å². The van der Waals surface area contributed by atoms with Crippen LogP contribution in [0.5, 0.6) is 5.75 Å². The van der Waals surface area contributed by atoms with Gasteiger partial charge in [-0.3, -0.25) is 9.69 Å². The van der Waals surface area contributed by atoms with Crippen molar-refractivity contribution < 1.29 is 14.3 Å². The van der Waals surface area contributed by atoms with E-state index in [1.54, 1.807) is 0 Å². The molecule has 5 nitrogen and oxygen atoms in total. The fourth-order valence-corrected chi connectivity index (χ4v) is 3.74. The first-order valence-electron chi connectivity index (χ1n) is 9.67. The van der Waals surface area contributed by atoms with Crippen molar-refractivity contribution >= 4 is 5.91 Å². The molecule has 4 rings (SSSR count). The van der Waals surface area contributed by atoms with Crippen LogP contribution >= 0.6 is 0 Å². The van der Waals surface area contributed by atoms with Gasteiger partial charge in [0.25, 0.3) is 0 Å². The Kier molecular flexibility index (Phi) is 5.70. The van der Waals surface area contributed by atoms with Gasteiger partial charge in [-0.15, -0.1) is 0 Å². The van der Waals surface area contributed by atoms with E-state index in [1.807, 2.05) is 30.3 Å². The summed E-state index contributed by atoms with van der Waals surface area (Å²) in [5.41, 5.74) is 3.38. The molecule has 27 heavy (non-hydrogen) atoms. The Morgan fingerprint density at radius 1 is 1.07 bits per heavy atom. The van der Waals surface area contributed by atoms with Crippen molar-refractivity contribution in [2.45, 2.75) is 18.9 Å². The smallest absolute Gasteiger partial charge is 0.224 e. The average Bonchev–Trinajstić information content (AvgIpc) is 3.17. The Labute approximate surface area is 160 Å². The third-order valence-electron chi connectivity index (χ3n) is 5.20. The van der Waals surface area contributed by atoms with Gasteiger partial charge in [0.15, 0.2) is 0 Å². The molecule has 0 bridgehead atoms. The maximum atomic E-state index is 12.8. The van der Waals surface area contributed by atoms with E-state index in [2.05, 4.69) is 28.4 Å². The summed E-state index contributed by atoms with van der Waals surface area (Å²) in [7, 11) is 0. The molecule has 2 aromatic rings. The number of carbonyl (C=O) groups excluding carboxylic acids is 1. The molecule has 1 saturated heterocycles. The summed E-state index contributed by atoms with van der Waals surface area (Å²) < 4.78 is 11.0. The quantitative estimate of drug-likeness (QED) is 0.853. The van der Waals surface area contributed by atoms with Crippen LogP contribution in [0.4, 0.5) is 0 Å². The van der Waals surface area contributed by atoms with E-state index in [0.717, 1.165) is 62.8 Å². The summed E-state index contributed by atoms with van der Waals surface area (Å²) in [5, 5.41) is 3.24. The van der Waals surface area contributed by atoms with E-state index in [-0.39, 0.29) is 11.9 Å². The summed E-state index contributed by atoms with van der Waals surface area (Å²) in [6, 6.07) is 16.3. The van der Waals surface area contributed by atoms with Crippen LogP contribution in [-0.2, 0) is 22.4 Å². The van der Waals surface area contributed by atoms with Crippen molar-refractivity contribution in [1.29, 1.82) is 0 Å². The van der Waals surface area contributed by atoms with E-state index < -0.39 is 0 Å². The van der Waals surface area contributed by atoms with Gasteiger partial charge in [-0.2, -0.15) is 0 Å². The number of carbonyl (C=O) groups is 1. The molecule has 0 saturated carbocycles. The molecular formula is C22H26N2O3. The van der Waals surface area contributed by atoms with E-state index in [4.69, 9.17) is 9.47 Å². The van der Waals surface area contributed by atoms with Crippen molar-refractivity contribution in [3.8, 4) is 5.75 Å². The summed E-state index contributed by atoms with van der Waals surface area (Å²) in [6.07, 6.45) is 1.31. The third kappa shape index (κ3) is 4.67. The largest absolute Gasteiger partial charge is 0.493 e. The van der Waals surface area contributed by atoms with Crippen LogP contribution < -0.4 is 10.1 Å². The fourth-order valence-electron chi connectivity index (χ4n) is 3.74. The van der Waals surface area contributed by atoms with E-state index in [0.29, 0.717) is 6.42 Å². The zero-order chi connectivity index (χ0) is 18.5. The number of ether oxygens (including phenoxy) is 2. The summed E-state index contributed by atoms with van der Waals surface area (Å²) in [6.45, 7) is 4.87. The number of hydrogen-bond donors (Lipinski definition) is 1. The zero-order valence-corrected chi connectivity index (χ0v) is 15.5. The van der Waals surface area contributed by atoms with Gasteiger partial charge in [-0.1, -0.05) is 42.5 Å². The lowest BCUT2D eigenvalue weighted by atomic mass is 10.0. The summed E-state index contributed by atoms with van der Waals surface area (Å²) in [4.78, 5) is 15.1. The van der Waals surface area contributed by atoms with Crippen molar-refractivity contribution in [1.82, 2.24) is 10.2 Å². The van der Waals surface area contributed by atoms with Gasteiger partial charge >= 0.3 is 0 Å². The minimum Gasteiger partial charge on any atom is -0.493 e. The van der Waals surface area contributed by atoms with Crippen molar-refractivity contribution in [2.24, 2.45) is 0 Å². The second kappa shape index (κ2) is 8.55. The number of rotatable bonds is 6. The highest BCUT2D eigenvalue weighted by Crippen LogP contribution is 2.26. The number of nitrogens with zero attached hydrogens (tertiary/aromatic N) is 1. The van der Waals surface area contributed by atoms with E-state index >= 15 is 0 Å². The molecular weight excluding hydrogens is 340 g/mol. The number of hydrogen-bond acceptors (Lipinski definition) is 4. The molecule has 0 radical (unpaired) electrons. The third-order valence-corrected chi connectivity index (χ3v) is 5.20. The SMILES string of the molecule is O=C(Cc1ccc2c(c1)CCO2)NC(CN1CCOCC1)c1ccccc1. The molecule has 1 unspecified atom stereocenters. The number of morpholine rings is 1. The first-order chi connectivity index (χ1) is 13.3. The lowest BCUT2D eigenvalue weighted by molar-refractivity contribution is -0.121. The van der Waals surface area contributed by atoms with Crippen LogP contribution in [0.2, 0.25) is 0 Å². The first kappa shape index (κ1) is 18.0. The van der Waals surface area contributed by atoms with Crippen molar-refractivity contribution in [3.63, 3.8) is 0 Å². The topological polar surface area (TPSA) is 50.8 Å². The molecule has 2 heterocycles. The van der Waals surface area contributed by atoms with Crippen LogP contribution in [0.3, 0.4) is 0 Å². The van der Waals surface area contributed by atoms with Crippen LogP contribution in [0.15, 0.2) is 48.5 Å². The molecule has 2 aliphatic rings. The molecule has 142 valence electrons. The highest BCUT2D eigenvalue weighted by Gasteiger charge is 2.20. The lowest BCUT2D eigenvalue weighted by Crippen LogP contribution is -2.43. The predicted molar refractivity (Wildman–Crippen MR) is 104 cm³/mol. The highest BCUT2D eigenvalue weighted by atomic mass is 16.5. The minimum atomic E-state index is -0.0189. The molecule has 1 fully saturated rings. The minimum absolute atomic E-state index is 0.0189. The average molecular weight is 366 g/mol. The Balaban J connectivity index is 1.43. The normalized spacial score (nSPS) is 17.8. The van der Waals surface area contributed by atoms with Gasteiger partial charge in [0.1, 0.15) is 5.75 Å². The Bertz CT molecular complexity index is 772. The lowest BCUT2D eigenvalue weighted by Gasteiger charge is -2.31. The van der Waals surface area contributed by atoms with Gasteiger partial charge in [-0.25, -0.2) is 0 Å². The molecule has 2 aromatic carbocycles. The molecule has 2 aliphatic heterocycles. The number of amides is 1. The van der Waals surface area contributed by atoms with Crippen LogP contribution in [-0.4, -0.2) is 50.3 Å². The summed E-state index contributed by atoms with van der Waals surface area (Å²) >= 11 is 0. The van der Waals surface area contributed by atoms with Crippen LogP contribution in [0, 0.1) is 0 Å². The highest BCUT2D eigenvalue weighted by molar-refractivity contribution is 5.79. The Morgan fingerprint density at radius 3 is 2.70 bits per heavy atom. The second-order valence-electron chi connectivity index (χ2n) is 7.16. The molecule has 0 aromatic heterocycles. The van der Waals surface area contributed by atoms with Crippen LogP contribution in [0.25, 0.3) is 0 Å². The van der Waals surface area contributed by atoms with Gasteiger partial charge in [0.2, 0.25) is 5.91 Å². The molecule has 0 aliphatic carbocycles.